The zero-order chi connectivity index (χ0) is 13.0. The van der Waals surface area contributed by atoms with Crippen LogP contribution in [0.25, 0.3) is 0 Å². The molecule has 0 heterocycles. The molecule has 0 aliphatic rings. The van der Waals surface area contributed by atoms with Crippen LogP contribution in [0.5, 0.6) is 5.75 Å². The van der Waals surface area contributed by atoms with Crippen molar-refractivity contribution >= 4 is 21.6 Å². The maximum atomic E-state index is 8.81. The van der Waals surface area contributed by atoms with Gasteiger partial charge >= 0.3 is 0 Å². The third-order valence-corrected chi connectivity index (χ3v) is 2.81. The fourth-order valence-electron chi connectivity index (χ4n) is 1.57. The van der Waals surface area contributed by atoms with Gasteiger partial charge in [0.15, 0.2) is 0 Å². The van der Waals surface area contributed by atoms with Gasteiger partial charge in [0.2, 0.25) is 0 Å². The number of hydrogen-bond acceptors (Lipinski definition) is 3. The van der Waals surface area contributed by atoms with Crippen molar-refractivity contribution in [2.24, 2.45) is 0 Å². The van der Waals surface area contributed by atoms with Gasteiger partial charge in [-0.05, 0) is 29.8 Å². The molecule has 0 atom stereocenters. The smallest absolute Gasteiger partial charge is 0.122 e. The molecule has 0 unspecified atom stereocenters. The van der Waals surface area contributed by atoms with Crippen LogP contribution in [-0.4, -0.2) is 0 Å². The fraction of sp³-hybridized carbons (Fsp3) is 0.0714. The van der Waals surface area contributed by atoms with E-state index < -0.39 is 0 Å². The van der Waals surface area contributed by atoms with Crippen LogP contribution in [0.4, 0.5) is 5.69 Å². The molecule has 0 amide bonds. The normalized spacial score (nSPS) is 9.78. The maximum absolute atomic E-state index is 8.81. The Balaban J connectivity index is 2.09. The van der Waals surface area contributed by atoms with Gasteiger partial charge in [0.05, 0.1) is 11.6 Å². The lowest BCUT2D eigenvalue weighted by molar-refractivity contribution is 0.306. The second kappa shape index (κ2) is 5.56. The standard InChI is InChI=1S/C14H11BrN2O/c15-12-5-13(17)7-14(6-12)18-9-11-3-1-2-10(4-11)8-16/h1-7H,9,17H2. The lowest BCUT2D eigenvalue weighted by Crippen LogP contribution is -1.96. The Morgan fingerprint density at radius 3 is 2.78 bits per heavy atom. The summed E-state index contributed by atoms with van der Waals surface area (Å²) in [5.74, 6) is 0.698. The number of nitrogen functional groups attached to an aromatic ring is 1. The van der Waals surface area contributed by atoms with E-state index in [2.05, 4.69) is 22.0 Å². The van der Waals surface area contributed by atoms with Crippen molar-refractivity contribution in [3.05, 3.63) is 58.1 Å². The fourth-order valence-corrected chi connectivity index (χ4v) is 2.06. The number of halogens is 1. The van der Waals surface area contributed by atoms with E-state index in [1.165, 1.54) is 0 Å². The van der Waals surface area contributed by atoms with Crippen LogP contribution < -0.4 is 10.5 Å². The molecule has 0 saturated carbocycles. The van der Waals surface area contributed by atoms with Crippen molar-refractivity contribution in [3.8, 4) is 11.8 Å². The minimum Gasteiger partial charge on any atom is -0.489 e. The van der Waals surface area contributed by atoms with E-state index in [-0.39, 0.29) is 0 Å². The van der Waals surface area contributed by atoms with Gasteiger partial charge in [-0.3, -0.25) is 0 Å². The number of rotatable bonds is 3. The highest BCUT2D eigenvalue weighted by Gasteiger charge is 2.00. The van der Waals surface area contributed by atoms with Gasteiger partial charge in [-0.2, -0.15) is 5.26 Å². The van der Waals surface area contributed by atoms with E-state index in [1.807, 2.05) is 24.3 Å². The number of nitrogens with zero attached hydrogens (tertiary/aromatic N) is 1. The molecule has 0 saturated heterocycles. The largest absolute Gasteiger partial charge is 0.489 e. The number of nitriles is 1. The van der Waals surface area contributed by atoms with Gasteiger partial charge in [0.1, 0.15) is 12.4 Å². The second-order valence-electron chi connectivity index (χ2n) is 3.82. The lowest BCUT2D eigenvalue weighted by Gasteiger charge is -2.08. The van der Waals surface area contributed by atoms with Crippen molar-refractivity contribution in [3.63, 3.8) is 0 Å². The van der Waals surface area contributed by atoms with E-state index in [4.69, 9.17) is 15.7 Å². The first-order valence-electron chi connectivity index (χ1n) is 5.35. The first-order chi connectivity index (χ1) is 8.67. The number of ether oxygens (including phenoxy) is 1. The van der Waals surface area contributed by atoms with Crippen LogP contribution in [-0.2, 0) is 6.61 Å². The van der Waals surface area contributed by atoms with E-state index in [0.29, 0.717) is 23.6 Å². The molecular formula is C14H11BrN2O. The quantitative estimate of drug-likeness (QED) is 0.883. The molecule has 2 rings (SSSR count). The minimum atomic E-state index is 0.408. The monoisotopic (exact) mass is 302 g/mol. The lowest BCUT2D eigenvalue weighted by atomic mass is 10.1. The summed E-state index contributed by atoms with van der Waals surface area (Å²) < 4.78 is 6.51. The molecule has 0 bridgehead atoms. The Morgan fingerprint density at radius 2 is 2.06 bits per heavy atom. The van der Waals surface area contributed by atoms with Crippen molar-refractivity contribution in [2.45, 2.75) is 6.61 Å². The number of anilines is 1. The average Bonchev–Trinajstić information content (AvgIpc) is 2.35. The minimum absolute atomic E-state index is 0.408. The van der Waals surface area contributed by atoms with Gasteiger partial charge in [0.25, 0.3) is 0 Å². The molecule has 2 N–H and O–H groups in total. The Hall–Kier alpha value is -1.99. The Kier molecular flexibility index (Phi) is 3.85. The Labute approximate surface area is 114 Å². The second-order valence-corrected chi connectivity index (χ2v) is 4.74. The number of hydrogen-bond donors (Lipinski definition) is 1. The maximum Gasteiger partial charge on any atom is 0.122 e. The van der Waals surface area contributed by atoms with Crippen molar-refractivity contribution in [1.29, 1.82) is 5.26 Å². The molecule has 0 aliphatic heterocycles. The molecule has 2 aromatic rings. The molecule has 3 nitrogen and oxygen atoms in total. The molecule has 0 radical (unpaired) electrons. The topological polar surface area (TPSA) is 59.0 Å². The number of nitrogens with two attached hydrogens (primary N) is 1. The highest BCUT2D eigenvalue weighted by Crippen LogP contribution is 2.23. The highest BCUT2D eigenvalue weighted by molar-refractivity contribution is 9.10. The molecule has 0 fully saturated rings. The van der Waals surface area contributed by atoms with E-state index in [9.17, 15) is 0 Å². The molecule has 18 heavy (non-hydrogen) atoms. The van der Waals surface area contributed by atoms with Crippen LogP contribution in [0, 0.1) is 11.3 Å². The third-order valence-electron chi connectivity index (χ3n) is 2.36. The average molecular weight is 303 g/mol. The summed E-state index contributed by atoms with van der Waals surface area (Å²) in [7, 11) is 0. The van der Waals surface area contributed by atoms with Gasteiger partial charge in [-0.15, -0.1) is 0 Å². The molecule has 90 valence electrons. The van der Waals surface area contributed by atoms with Gasteiger partial charge in [-0.1, -0.05) is 28.1 Å². The summed E-state index contributed by atoms with van der Waals surface area (Å²) in [6, 6.07) is 14.9. The Morgan fingerprint density at radius 1 is 1.22 bits per heavy atom. The molecule has 0 spiro atoms. The van der Waals surface area contributed by atoms with Crippen LogP contribution in [0.15, 0.2) is 46.9 Å². The third kappa shape index (κ3) is 3.25. The van der Waals surface area contributed by atoms with Crippen LogP contribution >= 0.6 is 15.9 Å². The number of benzene rings is 2. The molecule has 4 heteroatoms. The zero-order valence-electron chi connectivity index (χ0n) is 9.56. The van der Waals surface area contributed by atoms with E-state index in [0.717, 1.165) is 10.0 Å². The zero-order valence-corrected chi connectivity index (χ0v) is 11.1. The molecule has 0 aliphatic carbocycles. The first kappa shape index (κ1) is 12.5. The predicted molar refractivity (Wildman–Crippen MR) is 74.0 cm³/mol. The molecular weight excluding hydrogens is 292 g/mol. The van der Waals surface area contributed by atoms with E-state index >= 15 is 0 Å². The predicted octanol–water partition coefficient (Wildman–Crippen LogP) is 3.48. The summed E-state index contributed by atoms with van der Waals surface area (Å²) >= 11 is 3.36. The summed E-state index contributed by atoms with van der Waals surface area (Å²) in [5, 5.41) is 8.81. The van der Waals surface area contributed by atoms with Crippen LogP contribution in [0.3, 0.4) is 0 Å². The highest BCUT2D eigenvalue weighted by atomic mass is 79.9. The van der Waals surface area contributed by atoms with Crippen molar-refractivity contribution in [1.82, 2.24) is 0 Å². The van der Waals surface area contributed by atoms with Crippen molar-refractivity contribution < 1.29 is 4.74 Å². The van der Waals surface area contributed by atoms with Gasteiger partial charge in [0, 0.05) is 16.2 Å². The van der Waals surface area contributed by atoms with Gasteiger partial charge < -0.3 is 10.5 Å². The van der Waals surface area contributed by atoms with Crippen LogP contribution in [0.2, 0.25) is 0 Å². The molecule has 2 aromatic carbocycles. The molecule has 0 aromatic heterocycles. The SMILES string of the molecule is N#Cc1cccc(COc2cc(N)cc(Br)c2)c1. The first-order valence-corrected chi connectivity index (χ1v) is 6.14. The van der Waals surface area contributed by atoms with Gasteiger partial charge in [-0.25, -0.2) is 0 Å². The summed E-state index contributed by atoms with van der Waals surface area (Å²) in [6.07, 6.45) is 0. The summed E-state index contributed by atoms with van der Waals surface area (Å²) in [5.41, 5.74) is 7.95. The van der Waals surface area contributed by atoms with Crippen LogP contribution in [0.1, 0.15) is 11.1 Å². The van der Waals surface area contributed by atoms with Crippen molar-refractivity contribution in [2.75, 3.05) is 5.73 Å². The van der Waals surface area contributed by atoms with E-state index in [1.54, 1.807) is 18.2 Å². The Bertz CT molecular complexity index is 585. The summed E-state index contributed by atoms with van der Waals surface area (Å²) in [4.78, 5) is 0. The summed E-state index contributed by atoms with van der Waals surface area (Å²) in [6.45, 7) is 0.408.